The lowest BCUT2D eigenvalue weighted by molar-refractivity contribution is 0.00108. The molecular weight excluding hydrogens is 234 g/mol. The molecule has 0 saturated carbocycles. The minimum absolute atomic E-state index is 0.225. The van der Waals surface area contributed by atoms with Crippen LogP contribution in [0.3, 0.4) is 0 Å². The Kier molecular flexibility index (Phi) is 4.22. The molecule has 2 heterocycles. The van der Waals surface area contributed by atoms with E-state index in [2.05, 4.69) is 6.07 Å². The molecule has 0 aromatic heterocycles. The lowest BCUT2D eigenvalue weighted by Gasteiger charge is -2.43. The summed E-state index contributed by atoms with van der Waals surface area (Å²) in [6, 6.07) is 2.13. The van der Waals surface area contributed by atoms with E-state index >= 15 is 0 Å². The summed E-state index contributed by atoms with van der Waals surface area (Å²) >= 11 is 0. The maximum Gasteiger partial charge on any atom is 0.0670 e. The van der Waals surface area contributed by atoms with Gasteiger partial charge in [-0.05, 0) is 44.9 Å². The van der Waals surface area contributed by atoms with Crippen LogP contribution in [0.1, 0.15) is 57.8 Å². The number of aliphatic hydroxyl groups is 1. The lowest BCUT2D eigenvalue weighted by atomic mass is 9.82. The first-order valence-corrected chi connectivity index (χ1v) is 7.91. The van der Waals surface area contributed by atoms with E-state index in [1.807, 2.05) is 0 Å². The van der Waals surface area contributed by atoms with Crippen molar-refractivity contribution in [2.75, 3.05) is 0 Å². The van der Waals surface area contributed by atoms with Gasteiger partial charge in [0.25, 0.3) is 0 Å². The van der Waals surface area contributed by atoms with Crippen molar-refractivity contribution in [3.05, 3.63) is 0 Å². The monoisotopic (exact) mass is 255 g/mol. The molecule has 2 saturated heterocycles. The van der Waals surface area contributed by atoms with E-state index in [1.165, 1.54) is 6.42 Å². The molecule has 2 fully saturated rings. The maximum atomic E-state index is 12.0. The summed E-state index contributed by atoms with van der Waals surface area (Å²) in [4.78, 5) is 0. The lowest BCUT2D eigenvalue weighted by Crippen LogP contribution is -2.48. The van der Waals surface area contributed by atoms with Crippen molar-refractivity contribution in [1.82, 2.24) is 0 Å². The molecule has 1 N–H and O–H groups in total. The number of rotatable bonds is 4. The van der Waals surface area contributed by atoms with Crippen molar-refractivity contribution in [1.29, 1.82) is 5.26 Å². The third-order valence-corrected chi connectivity index (χ3v) is 6.22. The molecule has 2 bridgehead atoms. The van der Waals surface area contributed by atoms with Crippen LogP contribution in [0.4, 0.5) is 0 Å². The molecule has 2 unspecified atom stereocenters. The number of fused-ring (bicyclic) bond motifs is 2. The van der Waals surface area contributed by atoms with Crippen LogP contribution in [0.2, 0.25) is 0 Å². The van der Waals surface area contributed by atoms with Crippen LogP contribution < -0.4 is 0 Å². The van der Waals surface area contributed by atoms with Gasteiger partial charge in [0.1, 0.15) is 0 Å². The standard InChI is InChI=1S/C13H21NO2S/c14-8-3-1-2-7-13(15)9-11-5-4-6-12(10-13)17(11)16/h11-12,15H,1-7,9-10H2. The van der Waals surface area contributed by atoms with Crippen molar-refractivity contribution in [2.45, 2.75) is 73.9 Å². The van der Waals surface area contributed by atoms with Gasteiger partial charge < -0.3 is 5.11 Å². The molecule has 2 aliphatic rings. The molecule has 2 rings (SSSR count). The Labute approximate surface area is 106 Å². The predicted molar refractivity (Wildman–Crippen MR) is 67.8 cm³/mol. The van der Waals surface area contributed by atoms with Gasteiger partial charge in [-0.15, -0.1) is 0 Å². The molecule has 4 heteroatoms. The van der Waals surface area contributed by atoms with E-state index in [9.17, 15) is 9.32 Å². The maximum absolute atomic E-state index is 12.0. The SMILES string of the molecule is N#CCCCCC1(O)CC2CCCC(C1)S2=O. The van der Waals surface area contributed by atoms with Crippen molar-refractivity contribution in [3.8, 4) is 6.07 Å². The highest BCUT2D eigenvalue weighted by atomic mass is 32.2. The second-order valence-corrected chi connectivity index (χ2v) is 7.49. The number of unbranched alkanes of at least 4 members (excludes halogenated alkanes) is 2. The zero-order valence-corrected chi connectivity index (χ0v) is 11.0. The van der Waals surface area contributed by atoms with Gasteiger partial charge in [-0.1, -0.05) is 6.42 Å². The van der Waals surface area contributed by atoms with E-state index in [-0.39, 0.29) is 10.5 Å². The summed E-state index contributed by atoms with van der Waals surface area (Å²) in [6.45, 7) is 0. The first kappa shape index (κ1) is 13.0. The topological polar surface area (TPSA) is 61.1 Å². The number of nitriles is 1. The fraction of sp³-hybridized carbons (Fsp3) is 0.923. The molecule has 0 aliphatic carbocycles. The molecule has 17 heavy (non-hydrogen) atoms. The Morgan fingerprint density at radius 1 is 1.29 bits per heavy atom. The van der Waals surface area contributed by atoms with Gasteiger partial charge in [-0.2, -0.15) is 5.26 Å². The van der Waals surface area contributed by atoms with Crippen molar-refractivity contribution >= 4 is 10.8 Å². The molecule has 96 valence electrons. The average molecular weight is 255 g/mol. The quantitative estimate of drug-likeness (QED) is 0.784. The molecular formula is C13H21NO2S. The molecule has 2 atom stereocenters. The van der Waals surface area contributed by atoms with Crippen LogP contribution in [0.25, 0.3) is 0 Å². The predicted octanol–water partition coefficient (Wildman–Crippen LogP) is 2.27. The van der Waals surface area contributed by atoms with Crippen LogP contribution in [0, 0.1) is 11.3 Å². The number of nitrogens with zero attached hydrogens (tertiary/aromatic N) is 1. The molecule has 0 aromatic carbocycles. The van der Waals surface area contributed by atoms with Crippen LogP contribution in [0.15, 0.2) is 0 Å². The summed E-state index contributed by atoms with van der Waals surface area (Å²) in [6.07, 6.45) is 7.77. The molecule has 2 aliphatic heterocycles. The fourth-order valence-corrected chi connectivity index (χ4v) is 5.53. The van der Waals surface area contributed by atoms with Crippen LogP contribution in [-0.2, 0) is 10.8 Å². The minimum atomic E-state index is -0.704. The van der Waals surface area contributed by atoms with Crippen LogP contribution in [0.5, 0.6) is 0 Å². The van der Waals surface area contributed by atoms with Gasteiger partial charge in [-0.3, -0.25) is 4.21 Å². The highest BCUT2D eigenvalue weighted by Crippen LogP contribution is 2.41. The first-order valence-electron chi connectivity index (χ1n) is 6.63. The number of hydrogen-bond acceptors (Lipinski definition) is 3. The molecule has 0 radical (unpaired) electrons. The zero-order valence-electron chi connectivity index (χ0n) is 10.2. The van der Waals surface area contributed by atoms with Gasteiger partial charge in [0.2, 0.25) is 0 Å². The third-order valence-electron chi connectivity index (χ3n) is 4.11. The van der Waals surface area contributed by atoms with Crippen molar-refractivity contribution in [2.24, 2.45) is 0 Å². The highest BCUT2D eigenvalue weighted by Gasteiger charge is 2.44. The second kappa shape index (κ2) is 5.49. The average Bonchev–Trinajstić information content (AvgIpc) is 2.27. The molecule has 0 amide bonds. The van der Waals surface area contributed by atoms with E-state index in [0.717, 1.165) is 32.1 Å². The van der Waals surface area contributed by atoms with E-state index in [1.54, 1.807) is 0 Å². The highest BCUT2D eigenvalue weighted by molar-refractivity contribution is 7.86. The van der Waals surface area contributed by atoms with Gasteiger partial charge in [-0.25, -0.2) is 0 Å². The molecule has 0 spiro atoms. The summed E-state index contributed by atoms with van der Waals surface area (Å²) in [5.41, 5.74) is -0.598. The Bertz CT molecular complexity index is 321. The van der Waals surface area contributed by atoms with Crippen LogP contribution >= 0.6 is 0 Å². The Balaban J connectivity index is 1.89. The van der Waals surface area contributed by atoms with Gasteiger partial charge >= 0.3 is 0 Å². The zero-order chi connectivity index (χ0) is 12.3. The van der Waals surface area contributed by atoms with Crippen molar-refractivity contribution < 1.29 is 9.32 Å². The van der Waals surface area contributed by atoms with E-state index in [4.69, 9.17) is 5.26 Å². The minimum Gasteiger partial charge on any atom is -0.390 e. The van der Waals surface area contributed by atoms with Crippen molar-refractivity contribution in [3.63, 3.8) is 0 Å². The van der Waals surface area contributed by atoms with E-state index in [0.29, 0.717) is 19.3 Å². The molecule has 3 nitrogen and oxygen atoms in total. The fourth-order valence-electron chi connectivity index (χ4n) is 3.24. The smallest absolute Gasteiger partial charge is 0.0670 e. The second-order valence-electron chi connectivity index (χ2n) is 5.50. The number of hydrogen-bond donors (Lipinski definition) is 1. The summed E-state index contributed by atoms with van der Waals surface area (Å²) in [5, 5.41) is 19.5. The summed E-state index contributed by atoms with van der Waals surface area (Å²) < 4.78 is 12.0. The first-order chi connectivity index (χ1) is 8.14. The largest absolute Gasteiger partial charge is 0.390 e. The van der Waals surface area contributed by atoms with Gasteiger partial charge in [0, 0.05) is 27.7 Å². The normalized spacial score (nSPS) is 40.8. The Morgan fingerprint density at radius 3 is 2.53 bits per heavy atom. The van der Waals surface area contributed by atoms with Gasteiger partial charge in [0.05, 0.1) is 11.7 Å². The van der Waals surface area contributed by atoms with Gasteiger partial charge in [0.15, 0.2) is 0 Å². The van der Waals surface area contributed by atoms with Crippen LogP contribution in [-0.4, -0.2) is 25.4 Å². The summed E-state index contributed by atoms with van der Waals surface area (Å²) in [5.74, 6) is 0. The summed E-state index contributed by atoms with van der Waals surface area (Å²) in [7, 11) is -0.704. The van der Waals surface area contributed by atoms with E-state index < -0.39 is 16.4 Å². The third kappa shape index (κ3) is 3.08. The molecule has 0 aromatic rings. The Morgan fingerprint density at radius 2 is 1.94 bits per heavy atom. The Hall–Kier alpha value is -0.400.